The Morgan fingerprint density at radius 1 is 1.03 bits per heavy atom. The minimum atomic E-state index is 0.193. The molecule has 2 saturated heterocycles. The highest BCUT2D eigenvalue weighted by Gasteiger charge is 2.37. The van der Waals surface area contributed by atoms with Crippen LogP contribution in [0, 0.1) is 5.92 Å². The van der Waals surface area contributed by atoms with Gasteiger partial charge in [0.25, 0.3) is 5.91 Å². The lowest BCUT2D eigenvalue weighted by atomic mass is 9.90. The molecule has 0 radical (unpaired) electrons. The molecule has 2 aliphatic heterocycles. The molecule has 5 heteroatoms. The first kappa shape index (κ1) is 19.6. The number of carbonyl (C=O) groups is 1. The lowest BCUT2D eigenvalue weighted by molar-refractivity contribution is 0.0733. The molecule has 0 spiro atoms. The lowest BCUT2D eigenvalue weighted by Gasteiger charge is -2.32. The average molecular weight is 406 g/mol. The fourth-order valence-electron chi connectivity index (χ4n) is 5.33. The number of hydrogen-bond donors (Lipinski definition) is 0. The topological polar surface area (TPSA) is 45.7 Å². The average Bonchev–Trinajstić information content (AvgIpc) is 3.09. The highest BCUT2D eigenvalue weighted by molar-refractivity contribution is 5.94. The molecule has 1 aromatic carbocycles. The molecule has 2 aromatic rings. The zero-order chi connectivity index (χ0) is 20.3. The number of nitrogens with zero attached hydrogens (tertiary/aromatic N) is 3. The predicted molar refractivity (Wildman–Crippen MR) is 116 cm³/mol. The molecule has 0 N–H and O–H groups in total. The van der Waals surface area contributed by atoms with Crippen molar-refractivity contribution in [2.75, 3.05) is 19.6 Å². The molecule has 1 amide bonds. The van der Waals surface area contributed by atoms with E-state index in [1.165, 1.54) is 25.7 Å². The van der Waals surface area contributed by atoms with Crippen molar-refractivity contribution in [1.82, 2.24) is 14.8 Å². The van der Waals surface area contributed by atoms with Gasteiger partial charge in [-0.15, -0.1) is 0 Å². The molecule has 3 aliphatic rings. The number of rotatable bonds is 5. The summed E-state index contributed by atoms with van der Waals surface area (Å²) in [4.78, 5) is 21.9. The molecule has 3 heterocycles. The van der Waals surface area contributed by atoms with E-state index >= 15 is 0 Å². The first-order valence-electron chi connectivity index (χ1n) is 11.4. The molecule has 30 heavy (non-hydrogen) atoms. The molecule has 158 valence electrons. The highest BCUT2D eigenvalue weighted by atomic mass is 16.5. The van der Waals surface area contributed by atoms with Gasteiger partial charge in [0.2, 0.25) is 0 Å². The molecule has 1 saturated carbocycles. The van der Waals surface area contributed by atoms with E-state index in [9.17, 15) is 4.79 Å². The van der Waals surface area contributed by atoms with Gasteiger partial charge in [-0.05, 0) is 74.4 Å². The smallest absolute Gasteiger partial charge is 0.254 e. The number of amides is 1. The first-order chi connectivity index (χ1) is 14.7. The molecule has 5 rings (SSSR count). The number of aromatic nitrogens is 1. The zero-order valence-electron chi connectivity index (χ0n) is 17.6. The quantitative estimate of drug-likeness (QED) is 0.750. The van der Waals surface area contributed by atoms with Crippen LogP contribution in [-0.2, 0) is 6.54 Å². The molecule has 0 unspecified atom stereocenters. The largest absolute Gasteiger partial charge is 0.490 e. The van der Waals surface area contributed by atoms with Gasteiger partial charge in [0.05, 0.1) is 5.69 Å². The second-order valence-corrected chi connectivity index (χ2v) is 9.08. The second-order valence-electron chi connectivity index (χ2n) is 9.08. The van der Waals surface area contributed by atoms with E-state index in [1.807, 2.05) is 42.6 Å². The van der Waals surface area contributed by atoms with Gasteiger partial charge >= 0.3 is 0 Å². The van der Waals surface area contributed by atoms with Crippen LogP contribution in [0.2, 0.25) is 0 Å². The number of pyridine rings is 1. The van der Waals surface area contributed by atoms with Crippen LogP contribution in [0.15, 0.2) is 48.7 Å². The Labute approximate surface area is 179 Å². The molecule has 1 aromatic heterocycles. The minimum Gasteiger partial charge on any atom is -0.490 e. The summed E-state index contributed by atoms with van der Waals surface area (Å²) in [6.07, 6.45) is 9.06. The van der Waals surface area contributed by atoms with Crippen molar-refractivity contribution < 1.29 is 9.53 Å². The molecule has 2 bridgehead atoms. The molecule has 3 fully saturated rings. The summed E-state index contributed by atoms with van der Waals surface area (Å²) >= 11 is 0. The van der Waals surface area contributed by atoms with E-state index in [0.717, 1.165) is 61.9 Å². The van der Waals surface area contributed by atoms with E-state index in [1.54, 1.807) is 0 Å². The van der Waals surface area contributed by atoms with Crippen LogP contribution in [-0.4, -0.2) is 52.5 Å². The summed E-state index contributed by atoms with van der Waals surface area (Å²) in [6.45, 7) is 3.90. The van der Waals surface area contributed by atoms with Gasteiger partial charge in [0.1, 0.15) is 11.9 Å². The summed E-state index contributed by atoms with van der Waals surface area (Å²) in [6, 6.07) is 14.4. The fraction of sp³-hybridized carbons (Fsp3) is 0.520. The van der Waals surface area contributed by atoms with E-state index in [4.69, 9.17) is 4.74 Å². The summed E-state index contributed by atoms with van der Waals surface area (Å²) in [7, 11) is 0. The van der Waals surface area contributed by atoms with Crippen LogP contribution >= 0.6 is 0 Å². The van der Waals surface area contributed by atoms with E-state index in [0.29, 0.717) is 6.04 Å². The fourth-order valence-corrected chi connectivity index (χ4v) is 5.33. The third-order valence-electron chi connectivity index (χ3n) is 6.96. The van der Waals surface area contributed by atoms with Crippen molar-refractivity contribution in [3.63, 3.8) is 0 Å². The van der Waals surface area contributed by atoms with Crippen LogP contribution in [0.25, 0.3) is 0 Å². The first-order valence-corrected chi connectivity index (χ1v) is 11.4. The van der Waals surface area contributed by atoms with Crippen LogP contribution in [0.5, 0.6) is 5.75 Å². The molecular formula is C25H31N3O2. The number of likely N-dealkylation sites (tertiary alicyclic amines) is 2. The standard InChI is InChI=1S/C25H31N3O2/c29-25(28-17-19-4-3-6-22(28)16-19)20-7-9-23(10-8-20)30-24-11-14-27(15-12-24)18-21-5-1-2-13-26-21/h1-2,5,7-10,13,19,22,24H,3-4,6,11-12,14-18H2/t19-,22+/m0/s1. The van der Waals surface area contributed by atoms with E-state index in [2.05, 4.69) is 20.9 Å². The van der Waals surface area contributed by atoms with Crippen LogP contribution < -0.4 is 4.74 Å². The van der Waals surface area contributed by atoms with Crippen molar-refractivity contribution in [2.24, 2.45) is 5.92 Å². The number of carbonyl (C=O) groups excluding carboxylic acids is 1. The van der Waals surface area contributed by atoms with E-state index < -0.39 is 0 Å². The van der Waals surface area contributed by atoms with Gasteiger partial charge in [0.15, 0.2) is 0 Å². The van der Waals surface area contributed by atoms with Gasteiger partial charge in [-0.2, -0.15) is 0 Å². The maximum atomic E-state index is 13.0. The number of hydrogen-bond acceptors (Lipinski definition) is 4. The Balaban J connectivity index is 1.12. The third kappa shape index (κ3) is 4.36. The van der Waals surface area contributed by atoms with Crippen molar-refractivity contribution in [2.45, 2.75) is 57.2 Å². The number of piperidine rings is 1. The van der Waals surface area contributed by atoms with Gasteiger partial charge in [0, 0.05) is 44.0 Å². The van der Waals surface area contributed by atoms with Gasteiger partial charge in [-0.1, -0.05) is 12.5 Å². The Morgan fingerprint density at radius 2 is 1.87 bits per heavy atom. The number of ether oxygens (including phenoxy) is 1. The predicted octanol–water partition coefficient (Wildman–Crippen LogP) is 4.14. The van der Waals surface area contributed by atoms with Crippen LogP contribution in [0.4, 0.5) is 0 Å². The normalized spacial score (nSPS) is 24.7. The Hall–Kier alpha value is -2.40. The molecule has 5 nitrogen and oxygen atoms in total. The Bertz CT molecular complexity index is 846. The van der Waals surface area contributed by atoms with Gasteiger partial charge in [-0.3, -0.25) is 14.7 Å². The van der Waals surface area contributed by atoms with Gasteiger partial charge in [-0.25, -0.2) is 0 Å². The number of benzene rings is 1. The third-order valence-corrected chi connectivity index (χ3v) is 6.96. The SMILES string of the molecule is O=C(c1ccc(OC2CCN(Cc3ccccn3)CC2)cc1)N1C[C@H]2CCC[C@@H]1C2. The van der Waals surface area contributed by atoms with Crippen molar-refractivity contribution >= 4 is 5.91 Å². The lowest BCUT2D eigenvalue weighted by Crippen LogP contribution is -2.38. The van der Waals surface area contributed by atoms with Crippen molar-refractivity contribution in [3.05, 3.63) is 59.9 Å². The summed E-state index contributed by atoms with van der Waals surface area (Å²) in [5.41, 5.74) is 1.92. The van der Waals surface area contributed by atoms with E-state index in [-0.39, 0.29) is 12.0 Å². The molecule has 2 atom stereocenters. The van der Waals surface area contributed by atoms with Gasteiger partial charge < -0.3 is 9.64 Å². The Kier molecular flexibility index (Phi) is 5.71. The monoisotopic (exact) mass is 405 g/mol. The second kappa shape index (κ2) is 8.76. The van der Waals surface area contributed by atoms with Crippen molar-refractivity contribution in [3.8, 4) is 5.75 Å². The van der Waals surface area contributed by atoms with Crippen LogP contribution in [0.3, 0.4) is 0 Å². The summed E-state index contributed by atoms with van der Waals surface area (Å²) < 4.78 is 6.22. The summed E-state index contributed by atoms with van der Waals surface area (Å²) in [5, 5.41) is 0. The highest BCUT2D eigenvalue weighted by Crippen LogP contribution is 2.36. The zero-order valence-corrected chi connectivity index (χ0v) is 17.6. The summed E-state index contributed by atoms with van der Waals surface area (Å²) in [5.74, 6) is 1.78. The maximum absolute atomic E-state index is 13.0. The maximum Gasteiger partial charge on any atom is 0.254 e. The van der Waals surface area contributed by atoms with Crippen LogP contribution in [0.1, 0.15) is 54.6 Å². The minimum absolute atomic E-state index is 0.193. The number of fused-ring (bicyclic) bond motifs is 2. The molecule has 1 aliphatic carbocycles. The molecular weight excluding hydrogens is 374 g/mol. The van der Waals surface area contributed by atoms with Crippen molar-refractivity contribution in [1.29, 1.82) is 0 Å². The Morgan fingerprint density at radius 3 is 2.60 bits per heavy atom.